The third kappa shape index (κ3) is 4.44. The number of aryl methyl sites for hydroxylation is 1. The highest BCUT2D eigenvalue weighted by atomic mass is 14.8. The predicted octanol–water partition coefficient (Wildman–Crippen LogP) is 4.81. The van der Waals surface area contributed by atoms with E-state index in [9.17, 15) is 0 Å². The second-order valence-corrected chi connectivity index (χ2v) is 5.26. The summed E-state index contributed by atoms with van der Waals surface area (Å²) in [4.78, 5) is 0. The molecule has 1 aromatic rings. The van der Waals surface area contributed by atoms with Crippen molar-refractivity contribution in [2.45, 2.75) is 33.6 Å². The highest BCUT2D eigenvalue weighted by Gasteiger charge is 2.04. The molecule has 0 saturated carbocycles. The molecule has 0 atom stereocenters. The van der Waals surface area contributed by atoms with E-state index in [4.69, 9.17) is 0 Å². The summed E-state index contributed by atoms with van der Waals surface area (Å²) in [6, 6.07) is 6.63. The van der Waals surface area contributed by atoms with Crippen molar-refractivity contribution >= 4 is 5.57 Å². The fourth-order valence-electron chi connectivity index (χ4n) is 2.00. The van der Waals surface area contributed by atoms with Crippen molar-refractivity contribution in [2.75, 3.05) is 7.05 Å². The SMILES string of the molecule is C=C(/C=C\C(C)=C/NC)c1ccc(C(C)C)cc1C. The molecule has 0 aromatic heterocycles. The molecule has 1 aromatic carbocycles. The standard InChI is InChI=1S/C18H25N/c1-13(2)17-9-10-18(16(5)11-17)15(4)8-7-14(3)12-19-6/h7-13,19H,4H2,1-3,5-6H3/b8-7-,14-12-. The smallest absolute Gasteiger partial charge is 0.00277 e. The molecule has 1 rings (SSSR count). The Kier molecular flexibility index (Phi) is 5.62. The third-order valence-electron chi connectivity index (χ3n) is 3.18. The van der Waals surface area contributed by atoms with Crippen LogP contribution < -0.4 is 5.32 Å². The fourth-order valence-corrected chi connectivity index (χ4v) is 2.00. The second kappa shape index (κ2) is 6.98. The first-order valence-corrected chi connectivity index (χ1v) is 6.77. The van der Waals surface area contributed by atoms with Crippen LogP contribution in [0.15, 0.2) is 48.7 Å². The van der Waals surface area contributed by atoms with Gasteiger partial charge in [-0.1, -0.05) is 50.8 Å². The lowest BCUT2D eigenvalue weighted by atomic mass is 9.94. The minimum Gasteiger partial charge on any atom is -0.394 e. The molecular formula is C18H25N. The van der Waals surface area contributed by atoms with Crippen molar-refractivity contribution in [1.82, 2.24) is 5.32 Å². The van der Waals surface area contributed by atoms with Crippen LogP contribution in [0.25, 0.3) is 5.57 Å². The van der Waals surface area contributed by atoms with E-state index in [0.717, 1.165) is 5.57 Å². The molecule has 1 heteroatoms. The van der Waals surface area contributed by atoms with E-state index in [2.05, 4.69) is 69.9 Å². The first-order chi connectivity index (χ1) is 8.95. The van der Waals surface area contributed by atoms with Gasteiger partial charge in [0.2, 0.25) is 0 Å². The van der Waals surface area contributed by atoms with E-state index in [-0.39, 0.29) is 0 Å². The molecule has 0 radical (unpaired) electrons. The van der Waals surface area contributed by atoms with Crippen LogP contribution in [0.5, 0.6) is 0 Å². The van der Waals surface area contributed by atoms with Crippen LogP contribution in [0, 0.1) is 6.92 Å². The maximum Gasteiger partial charge on any atom is 0.00277 e. The summed E-state index contributed by atoms with van der Waals surface area (Å²) >= 11 is 0. The minimum absolute atomic E-state index is 0.567. The Balaban J connectivity index is 2.92. The summed E-state index contributed by atoms with van der Waals surface area (Å²) in [6.45, 7) is 12.8. The van der Waals surface area contributed by atoms with Crippen molar-refractivity contribution in [1.29, 1.82) is 0 Å². The van der Waals surface area contributed by atoms with E-state index < -0.39 is 0 Å². The Labute approximate surface area is 117 Å². The van der Waals surface area contributed by atoms with E-state index in [1.54, 1.807) is 0 Å². The van der Waals surface area contributed by atoms with Crippen molar-refractivity contribution in [3.05, 3.63) is 65.4 Å². The van der Waals surface area contributed by atoms with Gasteiger partial charge in [-0.15, -0.1) is 0 Å². The number of benzene rings is 1. The molecule has 0 heterocycles. The molecule has 102 valence electrons. The largest absolute Gasteiger partial charge is 0.394 e. The maximum atomic E-state index is 4.16. The second-order valence-electron chi connectivity index (χ2n) is 5.26. The van der Waals surface area contributed by atoms with Gasteiger partial charge in [-0.05, 0) is 53.8 Å². The lowest BCUT2D eigenvalue weighted by Gasteiger charge is -2.11. The summed E-state index contributed by atoms with van der Waals surface area (Å²) in [5.74, 6) is 0.567. The molecule has 0 spiro atoms. The van der Waals surface area contributed by atoms with Gasteiger partial charge >= 0.3 is 0 Å². The van der Waals surface area contributed by atoms with E-state index in [1.165, 1.54) is 22.3 Å². The third-order valence-corrected chi connectivity index (χ3v) is 3.18. The molecule has 0 aliphatic heterocycles. The van der Waals surface area contributed by atoms with Gasteiger partial charge in [0.15, 0.2) is 0 Å². The molecule has 0 fully saturated rings. The first-order valence-electron chi connectivity index (χ1n) is 6.77. The highest BCUT2D eigenvalue weighted by molar-refractivity contribution is 5.74. The summed E-state index contributed by atoms with van der Waals surface area (Å²) in [5, 5.41) is 3.02. The molecular weight excluding hydrogens is 230 g/mol. The van der Waals surface area contributed by atoms with Crippen LogP contribution in [-0.2, 0) is 0 Å². The molecule has 1 N–H and O–H groups in total. The Morgan fingerprint density at radius 2 is 1.95 bits per heavy atom. The van der Waals surface area contributed by atoms with Gasteiger partial charge < -0.3 is 5.32 Å². The molecule has 0 amide bonds. The van der Waals surface area contributed by atoms with E-state index >= 15 is 0 Å². The van der Waals surface area contributed by atoms with Gasteiger partial charge in [0.05, 0.1) is 0 Å². The van der Waals surface area contributed by atoms with Crippen molar-refractivity contribution in [3.63, 3.8) is 0 Å². The summed E-state index contributed by atoms with van der Waals surface area (Å²) < 4.78 is 0. The molecule has 0 aliphatic rings. The molecule has 0 aliphatic carbocycles. The maximum absolute atomic E-state index is 4.16. The average molecular weight is 255 g/mol. The van der Waals surface area contributed by atoms with Crippen molar-refractivity contribution in [3.8, 4) is 0 Å². The lowest BCUT2D eigenvalue weighted by molar-refractivity contribution is 0.864. The number of hydrogen-bond donors (Lipinski definition) is 1. The molecule has 1 nitrogen and oxygen atoms in total. The number of hydrogen-bond acceptors (Lipinski definition) is 1. The molecule has 19 heavy (non-hydrogen) atoms. The van der Waals surface area contributed by atoms with Crippen molar-refractivity contribution in [2.24, 2.45) is 0 Å². The van der Waals surface area contributed by atoms with Gasteiger partial charge in [-0.2, -0.15) is 0 Å². The average Bonchev–Trinajstić information content (AvgIpc) is 2.36. The zero-order valence-corrected chi connectivity index (χ0v) is 12.7. The summed E-state index contributed by atoms with van der Waals surface area (Å²) in [5.41, 5.74) is 6.12. The number of rotatable bonds is 5. The van der Waals surface area contributed by atoms with Gasteiger partial charge in [0.1, 0.15) is 0 Å². The van der Waals surface area contributed by atoms with Gasteiger partial charge in [-0.3, -0.25) is 0 Å². The Morgan fingerprint density at radius 1 is 1.26 bits per heavy atom. The normalized spacial score (nSPS) is 12.2. The van der Waals surface area contributed by atoms with E-state index in [0.29, 0.717) is 5.92 Å². The van der Waals surface area contributed by atoms with Crippen LogP contribution in [0.1, 0.15) is 43.4 Å². The Hall–Kier alpha value is -1.76. The Morgan fingerprint density at radius 3 is 2.47 bits per heavy atom. The van der Waals surface area contributed by atoms with E-state index in [1.807, 2.05) is 13.2 Å². The quantitative estimate of drug-likeness (QED) is 0.744. The summed E-state index contributed by atoms with van der Waals surface area (Å²) in [6.07, 6.45) is 6.12. The highest BCUT2D eigenvalue weighted by Crippen LogP contribution is 2.23. The fraction of sp³-hybridized carbons (Fsp3) is 0.333. The zero-order chi connectivity index (χ0) is 14.4. The number of nitrogens with one attached hydrogen (secondary N) is 1. The molecule has 0 unspecified atom stereocenters. The topological polar surface area (TPSA) is 12.0 Å². The monoisotopic (exact) mass is 255 g/mol. The molecule has 0 bridgehead atoms. The van der Waals surface area contributed by atoms with Crippen LogP contribution in [0.2, 0.25) is 0 Å². The number of allylic oxidation sites excluding steroid dienone is 4. The van der Waals surface area contributed by atoms with Gasteiger partial charge in [-0.25, -0.2) is 0 Å². The van der Waals surface area contributed by atoms with Crippen LogP contribution >= 0.6 is 0 Å². The predicted molar refractivity (Wildman–Crippen MR) is 86.3 cm³/mol. The minimum atomic E-state index is 0.567. The Bertz CT molecular complexity index is 504. The first kappa shape index (κ1) is 15.3. The van der Waals surface area contributed by atoms with Crippen molar-refractivity contribution < 1.29 is 0 Å². The van der Waals surface area contributed by atoms with Gasteiger partial charge in [0, 0.05) is 7.05 Å². The summed E-state index contributed by atoms with van der Waals surface area (Å²) in [7, 11) is 1.90. The van der Waals surface area contributed by atoms with Crippen LogP contribution in [-0.4, -0.2) is 7.05 Å². The lowest BCUT2D eigenvalue weighted by Crippen LogP contribution is -1.93. The zero-order valence-electron chi connectivity index (χ0n) is 12.7. The van der Waals surface area contributed by atoms with Crippen LogP contribution in [0.4, 0.5) is 0 Å². The molecule has 0 saturated heterocycles. The van der Waals surface area contributed by atoms with Gasteiger partial charge in [0.25, 0.3) is 0 Å². The van der Waals surface area contributed by atoms with Crippen LogP contribution in [0.3, 0.4) is 0 Å².